The first-order chi connectivity index (χ1) is 16.4. The van der Waals surface area contributed by atoms with Crippen LogP contribution in [0.3, 0.4) is 0 Å². The fourth-order valence-corrected chi connectivity index (χ4v) is 6.04. The van der Waals surface area contributed by atoms with Gasteiger partial charge in [-0.1, -0.05) is 91.6 Å². The summed E-state index contributed by atoms with van der Waals surface area (Å²) in [6, 6.07) is 32.3. The van der Waals surface area contributed by atoms with Crippen molar-refractivity contribution in [2.24, 2.45) is 0 Å². The lowest BCUT2D eigenvalue weighted by molar-refractivity contribution is 0.669. The molecular weight excluding hydrogens is 430 g/mol. The predicted molar refractivity (Wildman–Crippen MR) is 148 cm³/mol. The van der Waals surface area contributed by atoms with Crippen LogP contribution in [0, 0.1) is 6.92 Å². The van der Waals surface area contributed by atoms with Gasteiger partial charge in [0.15, 0.2) is 0 Å². The number of rotatable bonds is 3. The fourth-order valence-electron chi connectivity index (χ4n) is 4.88. The maximum atomic E-state index is 6.41. The van der Waals surface area contributed by atoms with Crippen LogP contribution in [0.25, 0.3) is 55.2 Å². The topological polar surface area (TPSA) is 26.0 Å². The summed E-state index contributed by atoms with van der Waals surface area (Å²) in [5.41, 5.74) is 8.45. The van der Waals surface area contributed by atoms with Crippen molar-refractivity contribution in [1.29, 1.82) is 0 Å². The smallest absolute Gasteiger partial charge is 0.145 e. The van der Waals surface area contributed by atoms with E-state index in [1.807, 2.05) is 12.1 Å². The van der Waals surface area contributed by atoms with Crippen LogP contribution < -0.4 is 5.19 Å². The van der Waals surface area contributed by atoms with E-state index in [1.165, 1.54) is 32.6 Å². The van der Waals surface area contributed by atoms with E-state index in [-0.39, 0.29) is 0 Å². The summed E-state index contributed by atoms with van der Waals surface area (Å²) in [7, 11) is -1.46. The van der Waals surface area contributed by atoms with E-state index in [2.05, 4.69) is 105 Å². The van der Waals surface area contributed by atoms with Gasteiger partial charge in [0, 0.05) is 21.7 Å². The van der Waals surface area contributed by atoms with E-state index in [1.54, 1.807) is 0 Å². The lowest BCUT2D eigenvalue weighted by atomic mass is 9.96. The van der Waals surface area contributed by atoms with Crippen LogP contribution in [-0.2, 0) is 0 Å². The Morgan fingerprint density at radius 3 is 2.26 bits per heavy atom. The van der Waals surface area contributed by atoms with E-state index >= 15 is 0 Å². The Balaban J connectivity index is 1.68. The zero-order valence-corrected chi connectivity index (χ0v) is 21.0. The Morgan fingerprint density at radius 2 is 1.47 bits per heavy atom. The third kappa shape index (κ3) is 3.36. The molecule has 4 aromatic carbocycles. The summed E-state index contributed by atoms with van der Waals surface area (Å²) >= 11 is 0. The maximum absolute atomic E-state index is 6.41. The predicted octanol–water partition coefficient (Wildman–Crippen LogP) is 8.32. The molecule has 0 amide bonds. The van der Waals surface area contributed by atoms with Crippen LogP contribution in [0.15, 0.2) is 95.4 Å². The maximum Gasteiger partial charge on any atom is 0.145 e. The summed E-state index contributed by atoms with van der Waals surface area (Å²) in [4.78, 5) is 5.16. The Hall–Kier alpha value is -3.69. The van der Waals surface area contributed by atoms with Crippen LogP contribution in [-0.4, -0.2) is 13.1 Å². The molecule has 6 aromatic rings. The molecule has 166 valence electrons. The van der Waals surface area contributed by atoms with Gasteiger partial charge in [-0.05, 0) is 47.9 Å². The van der Waals surface area contributed by atoms with E-state index in [9.17, 15) is 0 Å². The lowest BCUT2D eigenvalue weighted by Crippen LogP contribution is -2.37. The number of pyridine rings is 1. The second-order valence-electron chi connectivity index (χ2n) is 10.1. The SMILES string of the molecule is Cc1ccc(-c2cc(-c3ccccc3)c3cc([Si](C)(C)C)ccc3n2)c2oc3ccccc3c12. The highest BCUT2D eigenvalue weighted by Crippen LogP contribution is 2.39. The number of hydrogen-bond donors (Lipinski definition) is 0. The van der Waals surface area contributed by atoms with Crippen LogP contribution in [0.4, 0.5) is 0 Å². The highest BCUT2D eigenvalue weighted by Gasteiger charge is 2.20. The fraction of sp³-hybridized carbons (Fsp3) is 0.129. The summed E-state index contributed by atoms with van der Waals surface area (Å²) < 4.78 is 6.41. The first kappa shape index (κ1) is 20.9. The van der Waals surface area contributed by atoms with Crippen LogP contribution in [0.5, 0.6) is 0 Å². The van der Waals surface area contributed by atoms with Gasteiger partial charge in [-0.2, -0.15) is 0 Å². The number of benzene rings is 4. The molecule has 34 heavy (non-hydrogen) atoms. The number of aryl methyl sites for hydroxylation is 1. The number of hydrogen-bond acceptors (Lipinski definition) is 2. The molecule has 0 fully saturated rings. The molecule has 0 N–H and O–H groups in total. The minimum Gasteiger partial charge on any atom is -0.455 e. The van der Waals surface area contributed by atoms with Gasteiger partial charge in [0.2, 0.25) is 0 Å². The number of fused-ring (bicyclic) bond motifs is 4. The van der Waals surface area contributed by atoms with Gasteiger partial charge in [0.1, 0.15) is 11.2 Å². The molecule has 0 bridgehead atoms. The van der Waals surface area contributed by atoms with Crippen molar-refractivity contribution in [2.75, 3.05) is 0 Å². The molecule has 0 saturated carbocycles. The summed E-state index contributed by atoms with van der Waals surface area (Å²) in [5.74, 6) is 0. The summed E-state index contributed by atoms with van der Waals surface area (Å²) in [6.07, 6.45) is 0. The van der Waals surface area contributed by atoms with Crippen molar-refractivity contribution < 1.29 is 4.42 Å². The zero-order chi connectivity index (χ0) is 23.4. The normalized spacial score (nSPS) is 12.1. The Bertz CT molecular complexity index is 1690. The standard InChI is InChI=1S/C31H27NOSi/c1-20-14-16-23(31-30(20)24-12-8-9-13-29(24)33-31)28-19-25(21-10-6-5-7-11-21)26-18-22(34(2,3)4)15-17-27(26)32-28/h5-19H,1-4H3. The first-order valence-corrected chi connectivity index (χ1v) is 15.3. The van der Waals surface area contributed by atoms with E-state index < -0.39 is 8.07 Å². The highest BCUT2D eigenvalue weighted by molar-refractivity contribution is 6.88. The molecule has 0 aliphatic heterocycles. The van der Waals surface area contributed by atoms with E-state index in [0.717, 1.165) is 33.3 Å². The molecular formula is C31H27NOSi. The lowest BCUT2D eigenvalue weighted by Gasteiger charge is -2.18. The summed E-state index contributed by atoms with van der Waals surface area (Å²) in [5, 5.41) is 4.98. The van der Waals surface area contributed by atoms with Crippen LogP contribution in [0.2, 0.25) is 19.6 Å². The van der Waals surface area contributed by atoms with Crippen LogP contribution in [0.1, 0.15) is 5.56 Å². The molecule has 0 atom stereocenters. The molecule has 0 aliphatic carbocycles. The molecule has 6 rings (SSSR count). The average Bonchev–Trinajstić information content (AvgIpc) is 3.24. The molecule has 2 aromatic heterocycles. The molecule has 0 saturated heterocycles. The number of nitrogens with zero attached hydrogens (tertiary/aromatic N) is 1. The molecule has 0 radical (unpaired) electrons. The van der Waals surface area contributed by atoms with Crippen molar-refractivity contribution in [3.8, 4) is 22.4 Å². The molecule has 0 spiro atoms. The number of aromatic nitrogens is 1. The molecule has 0 unspecified atom stereocenters. The average molecular weight is 458 g/mol. The first-order valence-electron chi connectivity index (χ1n) is 11.8. The van der Waals surface area contributed by atoms with Gasteiger partial charge < -0.3 is 4.42 Å². The van der Waals surface area contributed by atoms with Crippen molar-refractivity contribution >= 4 is 46.1 Å². The minimum atomic E-state index is -1.46. The van der Waals surface area contributed by atoms with Gasteiger partial charge in [0.05, 0.1) is 19.3 Å². The zero-order valence-electron chi connectivity index (χ0n) is 20.0. The van der Waals surface area contributed by atoms with Crippen LogP contribution >= 0.6 is 0 Å². The Morgan fingerprint density at radius 1 is 0.706 bits per heavy atom. The third-order valence-electron chi connectivity index (χ3n) is 6.77. The summed E-state index contributed by atoms with van der Waals surface area (Å²) in [6.45, 7) is 9.32. The van der Waals surface area contributed by atoms with Gasteiger partial charge in [-0.3, -0.25) is 0 Å². The van der Waals surface area contributed by atoms with Crippen molar-refractivity contribution in [3.63, 3.8) is 0 Å². The Kier molecular flexibility index (Phi) is 4.71. The number of para-hydroxylation sites is 1. The molecule has 3 heteroatoms. The van der Waals surface area contributed by atoms with Gasteiger partial charge in [-0.25, -0.2) is 4.98 Å². The highest BCUT2D eigenvalue weighted by atomic mass is 28.3. The quantitative estimate of drug-likeness (QED) is 0.250. The second-order valence-corrected chi connectivity index (χ2v) is 15.2. The van der Waals surface area contributed by atoms with E-state index in [0.29, 0.717) is 0 Å². The third-order valence-corrected chi connectivity index (χ3v) is 8.81. The Labute approximate surface area is 200 Å². The second kappa shape index (κ2) is 7.68. The van der Waals surface area contributed by atoms with Gasteiger partial charge >= 0.3 is 0 Å². The van der Waals surface area contributed by atoms with E-state index in [4.69, 9.17) is 9.40 Å². The minimum absolute atomic E-state index is 0.908. The number of furan rings is 1. The monoisotopic (exact) mass is 457 g/mol. The van der Waals surface area contributed by atoms with Crippen molar-refractivity contribution in [2.45, 2.75) is 26.6 Å². The van der Waals surface area contributed by atoms with Crippen molar-refractivity contribution in [3.05, 3.63) is 96.6 Å². The molecule has 2 heterocycles. The largest absolute Gasteiger partial charge is 0.455 e. The van der Waals surface area contributed by atoms with Gasteiger partial charge in [-0.15, -0.1) is 0 Å². The molecule has 2 nitrogen and oxygen atoms in total. The molecule has 0 aliphatic rings. The van der Waals surface area contributed by atoms with Crippen molar-refractivity contribution in [1.82, 2.24) is 4.98 Å². The van der Waals surface area contributed by atoms with Gasteiger partial charge in [0.25, 0.3) is 0 Å².